The fourth-order valence-corrected chi connectivity index (χ4v) is 3.35. The summed E-state index contributed by atoms with van der Waals surface area (Å²) in [4.78, 5) is 27.2. The number of ether oxygens (including phenoxy) is 1. The molecule has 27 heavy (non-hydrogen) atoms. The quantitative estimate of drug-likeness (QED) is 0.513. The van der Waals surface area contributed by atoms with Crippen LogP contribution in [0.4, 0.5) is 0 Å². The first kappa shape index (κ1) is 18.9. The fraction of sp³-hybridized carbons (Fsp3) is 0.0476. The van der Waals surface area contributed by atoms with Gasteiger partial charge in [0.15, 0.2) is 5.78 Å². The van der Waals surface area contributed by atoms with Crippen LogP contribution in [-0.4, -0.2) is 17.4 Å². The number of hydrogen-bond acceptors (Lipinski definition) is 4. The Kier molecular flexibility index (Phi) is 6.06. The second kappa shape index (κ2) is 8.66. The summed E-state index contributed by atoms with van der Waals surface area (Å²) in [6.45, 7) is 4.03. The van der Waals surface area contributed by atoms with Gasteiger partial charge in [-0.3, -0.25) is 9.59 Å². The third kappa shape index (κ3) is 5.06. The van der Waals surface area contributed by atoms with Gasteiger partial charge >= 0.3 is 0 Å². The van der Waals surface area contributed by atoms with Crippen molar-refractivity contribution in [2.24, 2.45) is 0 Å². The molecule has 0 amide bonds. The molecule has 1 N–H and O–H groups in total. The van der Waals surface area contributed by atoms with E-state index in [1.165, 1.54) is 17.4 Å². The molecule has 3 rings (SSSR count). The minimum atomic E-state index is -0.243. The molecule has 1 aromatic heterocycles. The van der Waals surface area contributed by atoms with E-state index in [2.05, 4.69) is 11.6 Å². The van der Waals surface area contributed by atoms with E-state index < -0.39 is 0 Å². The number of halogens is 1. The largest absolute Gasteiger partial charge is 0.490 e. The fourth-order valence-electron chi connectivity index (χ4n) is 2.34. The second-order valence-electron chi connectivity index (χ2n) is 5.62. The molecule has 0 aliphatic rings. The number of ketones is 1. The SMILES string of the molecule is C=CCOc1cccc(/C=c2/s/c(=C/C(=O)c3ccc(Cl)cc3)[nH]c2=O)c1. The van der Waals surface area contributed by atoms with Crippen LogP contribution >= 0.6 is 22.9 Å². The van der Waals surface area contributed by atoms with Crippen LogP contribution in [-0.2, 0) is 0 Å². The number of H-pyrrole nitrogens is 1. The molecule has 0 spiro atoms. The Morgan fingerprint density at radius 3 is 2.74 bits per heavy atom. The lowest BCUT2D eigenvalue weighted by Crippen LogP contribution is -2.20. The van der Waals surface area contributed by atoms with Crippen LogP contribution in [0.1, 0.15) is 15.9 Å². The van der Waals surface area contributed by atoms with Gasteiger partial charge in [0.25, 0.3) is 5.56 Å². The Bertz CT molecular complexity index is 1140. The maximum absolute atomic E-state index is 12.3. The lowest BCUT2D eigenvalue weighted by molar-refractivity contribution is 0.106. The summed E-state index contributed by atoms with van der Waals surface area (Å²) < 4.78 is 6.49. The number of Topliss-reactive ketones (excluding diaryl/α,β-unsaturated/α-hetero) is 1. The van der Waals surface area contributed by atoms with Crippen LogP contribution in [0.3, 0.4) is 0 Å². The summed E-state index contributed by atoms with van der Waals surface area (Å²) in [6, 6.07) is 14.0. The van der Waals surface area contributed by atoms with Crippen molar-refractivity contribution in [3.63, 3.8) is 0 Å². The molecule has 0 atom stereocenters. The van der Waals surface area contributed by atoms with Crippen LogP contribution in [0.5, 0.6) is 5.75 Å². The highest BCUT2D eigenvalue weighted by atomic mass is 35.5. The molecule has 0 unspecified atom stereocenters. The van der Waals surface area contributed by atoms with Gasteiger partial charge in [-0.25, -0.2) is 0 Å². The molecule has 0 bridgehead atoms. The van der Waals surface area contributed by atoms with Crippen LogP contribution in [0.15, 0.2) is 66.0 Å². The third-order valence-corrected chi connectivity index (χ3v) is 4.81. The normalized spacial score (nSPS) is 12.2. The van der Waals surface area contributed by atoms with E-state index in [0.717, 1.165) is 5.56 Å². The molecule has 0 radical (unpaired) electrons. The highest BCUT2D eigenvalue weighted by Gasteiger charge is 2.03. The molecule has 2 aromatic carbocycles. The van der Waals surface area contributed by atoms with Crippen LogP contribution < -0.4 is 19.5 Å². The van der Waals surface area contributed by atoms with Crippen molar-refractivity contribution in [2.75, 3.05) is 6.61 Å². The van der Waals surface area contributed by atoms with Crippen molar-refractivity contribution in [1.82, 2.24) is 4.98 Å². The number of rotatable bonds is 6. The van der Waals surface area contributed by atoms with Crippen molar-refractivity contribution in [1.29, 1.82) is 0 Å². The van der Waals surface area contributed by atoms with Gasteiger partial charge in [0.05, 0.1) is 9.20 Å². The van der Waals surface area contributed by atoms with Gasteiger partial charge < -0.3 is 9.72 Å². The molecule has 0 aliphatic heterocycles. The number of aromatic nitrogens is 1. The van der Waals surface area contributed by atoms with E-state index in [1.54, 1.807) is 36.4 Å². The highest BCUT2D eigenvalue weighted by Crippen LogP contribution is 2.13. The van der Waals surface area contributed by atoms with Gasteiger partial charge in [-0.15, -0.1) is 11.3 Å². The number of benzene rings is 2. The van der Waals surface area contributed by atoms with Crippen LogP contribution in [0.2, 0.25) is 5.02 Å². The average Bonchev–Trinajstić information content (AvgIpc) is 2.99. The van der Waals surface area contributed by atoms with E-state index in [9.17, 15) is 9.59 Å². The predicted octanol–water partition coefficient (Wildman–Crippen LogP) is 3.15. The van der Waals surface area contributed by atoms with E-state index in [0.29, 0.717) is 32.1 Å². The Balaban J connectivity index is 1.91. The predicted molar refractivity (Wildman–Crippen MR) is 110 cm³/mol. The van der Waals surface area contributed by atoms with Crippen molar-refractivity contribution < 1.29 is 9.53 Å². The molecule has 136 valence electrons. The third-order valence-electron chi connectivity index (χ3n) is 3.60. The van der Waals surface area contributed by atoms with Crippen LogP contribution in [0.25, 0.3) is 12.2 Å². The highest BCUT2D eigenvalue weighted by molar-refractivity contribution is 7.07. The van der Waals surface area contributed by atoms with Gasteiger partial charge in [-0.05, 0) is 48.0 Å². The van der Waals surface area contributed by atoms with E-state index >= 15 is 0 Å². The van der Waals surface area contributed by atoms with Crippen molar-refractivity contribution in [3.05, 3.63) is 96.9 Å². The van der Waals surface area contributed by atoms with Gasteiger partial charge in [0.2, 0.25) is 0 Å². The standard InChI is InChI=1S/C21H16ClNO3S/c1-2-10-26-17-5-3-4-14(11-17)12-19-21(25)23-20(27-19)13-18(24)15-6-8-16(22)9-7-15/h2-9,11-13H,1,10H2,(H,23,25)/b19-12+,20-13+. The molecule has 0 aliphatic carbocycles. The smallest absolute Gasteiger partial charge is 0.266 e. The molecule has 0 saturated heterocycles. The van der Waals surface area contributed by atoms with E-state index in [-0.39, 0.29) is 11.3 Å². The lowest BCUT2D eigenvalue weighted by Gasteiger charge is -2.03. The molecule has 0 saturated carbocycles. The Hall–Kier alpha value is -2.89. The van der Waals surface area contributed by atoms with Gasteiger partial charge in [-0.1, -0.05) is 36.4 Å². The first-order valence-electron chi connectivity index (χ1n) is 8.11. The zero-order valence-corrected chi connectivity index (χ0v) is 15.8. The minimum Gasteiger partial charge on any atom is -0.490 e. The second-order valence-corrected chi connectivity index (χ2v) is 7.14. The first-order chi connectivity index (χ1) is 13.0. The molecular formula is C21H16ClNO3S. The molecule has 4 nitrogen and oxygen atoms in total. The Morgan fingerprint density at radius 2 is 2.00 bits per heavy atom. The summed E-state index contributed by atoms with van der Waals surface area (Å²) in [5.41, 5.74) is 1.10. The van der Waals surface area contributed by atoms with Gasteiger partial charge in [0, 0.05) is 16.7 Å². The molecule has 1 heterocycles. The average molecular weight is 398 g/mol. The topological polar surface area (TPSA) is 59.2 Å². The van der Waals surface area contributed by atoms with Gasteiger partial charge in [0.1, 0.15) is 12.4 Å². The maximum Gasteiger partial charge on any atom is 0.266 e. The minimum absolute atomic E-state index is 0.199. The number of thiazole rings is 1. The van der Waals surface area contributed by atoms with E-state index in [4.69, 9.17) is 16.3 Å². The lowest BCUT2D eigenvalue weighted by atomic mass is 10.1. The number of carbonyl (C=O) groups excluding carboxylic acids is 1. The Morgan fingerprint density at radius 1 is 1.22 bits per heavy atom. The number of nitrogens with one attached hydrogen (secondary N) is 1. The maximum atomic E-state index is 12.3. The summed E-state index contributed by atoms with van der Waals surface area (Å²) in [6.07, 6.45) is 4.84. The summed E-state index contributed by atoms with van der Waals surface area (Å²) in [5, 5.41) is 0.562. The monoisotopic (exact) mass is 397 g/mol. The Labute approximate surface area is 164 Å². The molecular weight excluding hydrogens is 382 g/mol. The van der Waals surface area contributed by atoms with E-state index in [1.807, 2.05) is 24.3 Å². The molecule has 6 heteroatoms. The summed E-state index contributed by atoms with van der Waals surface area (Å²) in [5.74, 6) is 0.497. The zero-order valence-electron chi connectivity index (χ0n) is 14.3. The van der Waals surface area contributed by atoms with Gasteiger partial charge in [-0.2, -0.15) is 0 Å². The first-order valence-corrected chi connectivity index (χ1v) is 9.31. The summed E-state index contributed by atoms with van der Waals surface area (Å²) >= 11 is 7.05. The number of aromatic amines is 1. The van der Waals surface area contributed by atoms with Crippen molar-refractivity contribution >= 4 is 40.9 Å². The number of hydrogen-bond donors (Lipinski definition) is 1. The van der Waals surface area contributed by atoms with Crippen molar-refractivity contribution in [2.45, 2.75) is 0 Å². The zero-order chi connectivity index (χ0) is 19.2. The van der Waals surface area contributed by atoms with Crippen LogP contribution in [0, 0.1) is 0 Å². The molecule has 3 aromatic rings. The van der Waals surface area contributed by atoms with Crippen molar-refractivity contribution in [3.8, 4) is 5.75 Å². The molecule has 0 fully saturated rings. The number of carbonyl (C=O) groups is 1. The summed E-state index contributed by atoms with van der Waals surface area (Å²) in [7, 11) is 0.